The van der Waals surface area contributed by atoms with Gasteiger partial charge in [-0.1, -0.05) is 46.3 Å². The highest BCUT2D eigenvalue weighted by Gasteiger charge is 1.98. The molecule has 0 aliphatic heterocycles. The predicted octanol–water partition coefficient (Wildman–Crippen LogP) is 3.91. The molecule has 12 heavy (non-hydrogen) atoms. The fourth-order valence-corrected chi connectivity index (χ4v) is 1.93. The van der Waals surface area contributed by atoms with Gasteiger partial charge in [0.25, 0.3) is 0 Å². The first kappa shape index (κ1) is 5.76. The van der Waals surface area contributed by atoms with Crippen LogP contribution in [0.1, 0.15) is 8.30 Å². The Bertz CT molecular complexity index is 461. The Balaban J connectivity index is 2.84. The number of halogens is 1. The Morgan fingerprint density at radius 3 is 2.67 bits per heavy atom. The van der Waals surface area contributed by atoms with Crippen molar-refractivity contribution in [2.75, 3.05) is 0 Å². The Kier molecular flexibility index (Phi) is 1.40. The SMILES string of the molecule is [2H]C([2H])c1cccc2cccc(Br)c12. The largest absolute Gasteiger partial charge is 0.0614 e. The third-order valence-electron chi connectivity index (χ3n) is 1.89. The van der Waals surface area contributed by atoms with Gasteiger partial charge in [0, 0.05) is 7.21 Å². The molecule has 2 aromatic carbocycles. The molecule has 0 N–H and O–H groups in total. The maximum Gasteiger partial charge on any atom is 0.0280 e. The zero-order valence-electron chi connectivity index (χ0n) is 8.42. The topological polar surface area (TPSA) is 0 Å². The molecule has 0 amide bonds. The maximum absolute atomic E-state index is 7.44. The number of rotatable bonds is 0. The van der Waals surface area contributed by atoms with E-state index in [9.17, 15) is 0 Å². The highest BCUT2D eigenvalue weighted by molar-refractivity contribution is 9.10. The summed E-state index contributed by atoms with van der Waals surface area (Å²) in [5, 5.41) is 2.05. The summed E-state index contributed by atoms with van der Waals surface area (Å²) in [7, 11) is 0. The number of hydrogen-bond acceptors (Lipinski definition) is 0. The van der Waals surface area contributed by atoms with Gasteiger partial charge in [0.15, 0.2) is 0 Å². The van der Waals surface area contributed by atoms with Crippen LogP contribution < -0.4 is 0 Å². The Hall–Kier alpha value is -0.820. The van der Waals surface area contributed by atoms with Crippen LogP contribution in [-0.2, 0) is 0 Å². The number of aryl methyl sites for hydroxylation is 1. The minimum absolute atomic E-state index is 0.745. The standard InChI is InChI=1S/C11H9Br/c1-8-4-2-5-9-6-3-7-10(12)11(8)9/h2-7H,1H3/i1D2. The first-order valence-corrected chi connectivity index (χ1v) is 4.51. The summed E-state index contributed by atoms with van der Waals surface area (Å²) in [6, 6.07) is 11.6. The zero-order valence-corrected chi connectivity index (χ0v) is 8.01. The van der Waals surface area contributed by atoms with E-state index in [1.165, 1.54) is 0 Å². The van der Waals surface area contributed by atoms with E-state index in [0.29, 0.717) is 0 Å². The van der Waals surface area contributed by atoms with Gasteiger partial charge < -0.3 is 0 Å². The first-order chi connectivity index (χ1) is 6.70. The number of fused-ring (bicyclic) bond motifs is 1. The molecule has 0 spiro atoms. The van der Waals surface area contributed by atoms with Crippen LogP contribution in [0.15, 0.2) is 40.9 Å². The normalized spacial score (nSPS) is 13.2. The lowest BCUT2D eigenvalue weighted by Gasteiger charge is -2.02. The molecule has 0 fully saturated rings. The fourth-order valence-electron chi connectivity index (χ4n) is 1.32. The van der Waals surface area contributed by atoms with Gasteiger partial charge in [0.2, 0.25) is 0 Å². The van der Waals surface area contributed by atoms with Crippen LogP contribution in [0.25, 0.3) is 10.8 Å². The van der Waals surface area contributed by atoms with Crippen LogP contribution >= 0.6 is 15.9 Å². The van der Waals surface area contributed by atoms with E-state index in [-0.39, 0.29) is 0 Å². The van der Waals surface area contributed by atoms with Crippen molar-refractivity contribution in [1.29, 1.82) is 0 Å². The molecular formula is C11H9Br. The smallest absolute Gasteiger partial charge is 0.0280 e. The van der Waals surface area contributed by atoms with Crippen LogP contribution in [0.2, 0.25) is 0 Å². The van der Waals surface area contributed by atoms with Crippen molar-refractivity contribution in [2.24, 2.45) is 0 Å². The molecule has 1 heteroatoms. The Morgan fingerprint density at radius 2 is 1.92 bits per heavy atom. The Morgan fingerprint density at radius 1 is 1.17 bits per heavy atom. The number of hydrogen-bond donors (Lipinski definition) is 0. The van der Waals surface area contributed by atoms with E-state index >= 15 is 0 Å². The van der Waals surface area contributed by atoms with E-state index in [0.717, 1.165) is 20.8 Å². The van der Waals surface area contributed by atoms with Gasteiger partial charge in [-0.2, -0.15) is 0 Å². The van der Waals surface area contributed by atoms with E-state index in [4.69, 9.17) is 2.74 Å². The third-order valence-corrected chi connectivity index (χ3v) is 2.55. The van der Waals surface area contributed by atoms with Gasteiger partial charge in [-0.3, -0.25) is 0 Å². The third kappa shape index (κ3) is 1.14. The van der Waals surface area contributed by atoms with Crippen molar-refractivity contribution in [1.82, 2.24) is 0 Å². The van der Waals surface area contributed by atoms with Gasteiger partial charge >= 0.3 is 0 Å². The molecule has 0 aromatic heterocycles. The van der Waals surface area contributed by atoms with Crippen molar-refractivity contribution < 1.29 is 2.74 Å². The van der Waals surface area contributed by atoms with Crippen LogP contribution in [0.3, 0.4) is 0 Å². The van der Waals surface area contributed by atoms with Crippen LogP contribution in [0.4, 0.5) is 0 Å². The molecule has 0 heterocycles. The minimum Gasteiger partial charge on any atom is -0.0614 e. The maximum atomic E-state index is 7.44. The van der Waals surface area contributed by atoms with E-state index in [2.05, 4.69) is 15.9 Å². The van der Waals surface area contributed by atoms with Crippen molar-refractivity contribution >= 4 is 26.7 Å². The summed E-state index contributed by atoms with van der Waals surface area (Å²) in [5.74, 6) is 0. The van der Waals surface area contributed by atoms with E-state index in [1.807, 2.05) is 36.4 Å². The fraction of sp³-hybridized carbons (Fsp3) is 0.0909. The summed E-state index contributed by atoms with van der Waals surface area (Å²) < 4.78 is 15.8. The number of benzene rings is 2. The summed E-state index contributed by atoms with van der Waals surface area (Å²) in [6.07, 6.45) is 0. The molecule has 0 aliphatic rings. The molecule has 0 bridgehead atoms. The summed E-state index contributed by atoms with van der Waals surface area (Å²) in [5.41, 5.74) is 0.745. The van der Waals surface area contributed by atoms with Crippen molar-refractivity contribution in [3.63, 3.8) is 0 Å². The van der Waals surface area contributed by atoms with Gasteiger partial charge in [0.05, 0.1) is 0 Å². The summed E-state index contributed by atoms with van der Waals surface area (Å²) in [6.45, 7) is -0.933. The molecule has 0 atom stereocenters. The summed E-state index contributed by atoms with van der Waals surface area (Å²) >= 11 is 3.45. The average molecular weight is 223 g/mol. The molecular weight excluding hydrogens is 212 g/mol. The first-order valence-electron chi connectivity index (χ1n) is 4.87. The van der Waals surface area contributed by atoms with E-state index < -0.39 is 6.88 Å². The van der Waals surface area contributed by atoms with Crippen LogP contribution in [0.5, 0.6) is 0 Å². The quantitative estimate of drug-likeness (QED) is 0.635. The summed E-state index contributed by atoms with van der Waals surface area (Å²) in [4.78, 5) is 0. The van der Waals surface area contributed by atoms with Crippen molar-refractivity contribution in [3.05, 3.63) is 46.4 Å². The van der Waals surface area contributed by atoms with Gasteiger partial charge in [-0.05, 0) is 29.3 Å². The molecule has 2 rings (SSSR count). The second-order valence-electron chi connectivity index (χ2n) is 2.69. The van der Waals surface area contributed by atoms with Crippen molar-refractivity contribution in [3.8, 4) is 0 Å². The predicted molar refractivity (Wildman–Crippen MR) is 56.4 cm³/mol. The van der Waals surface area contributed by atoms with Gasteiger partial charge in [0.1, 0.15) is 0 Å². The second kappa shape index (κ2) is 2.91. The average Bonchev–Trinajstić information content (AvgIpc) is 2.17. The second-order valence-corrected chi connectivity index (χ2v) is 3.54. The molecule has 0 saturated carbocycles. The lowest BCUT2D eigenvalue weighted by Crippen LogP contribution is -1.78. The molecule has 2 aromatic rings. The van der Waals surface area contributed by atoms with Crippen LogP contribution in [0, 0.1) is 6.88 Å². The molecule has 0 unspecified atom stereocenters. The molecule has 60 valence electrons. The monoisotopic (exact) mass is 222 g/mol. The molecule has 0 aliphatic carbocycles. The van der Waals surface area contributed by atoms with Gasteiger partial charge in [-0.25, -0.2) is 0 Å². The zero-order chi connectivity index (χ0) is 10.1. The lowest BCUT2D eigenvalue weighted by molar-refractivity contribution is 1.52. The van der Waals surface area contributed by atoms with E-state index in [1.54, 1.807) is 0 Å². The minimum atomic E-state index is -0.933. The Labute approximate surface area is 83.2 Å². The van der Waals surface area contributed by atoms with Crippen molar-refractivity contribution in [2.45, 2.75) is 6.88 Å². The van der Waals surface area contributed by atoms with Crippen LogP contribution in [-0.4, -0.2) is 0 Å². The lowest BCUT2D eigenvalue weighted by atomic mass is 10.1. The molecule has 0 radical (unpaired) electrons. The van der Waals surface area contributed by atoms with Gasteiger partial charge in [-0.15, -0.1) is 0 Å². The highest BCUT2D eigenvalue weighted by atomic mass is 79.9. The molecule has 0 nitrogen and oxygen atoms in total. The highest BCUT2D eigenvalue weighted by Crippen LogP contribution is 2.26. The molecule has 0 saturated heterocycles.